The maximum absolute atomic E-state index is 11.7. The van der Waals surface area contributed by atoms with Gasteiger partial charge in [-0.2, -0.15) is 0 Å². The Morgan fingerprint density at radius 2 is 2.35 bits per heavy atom. The minimum absolute atomic E-state index is 0.0953. The monoisotopic (exact) mass is 300 g/mol. The fourth-order valence-corrected chi connectivity index (χ4v) is 1.65. The minimum Gasteiger partial charge on any atom is -0.452 e. The van der Waals surface area contributed by atoms with Crippen molar-refractivity contribution in [1.29, 1.82) is 0 Å². The van der Waals surface area contributed by atoms with E-state index in [9.17, 15) is 4.79 Å². The Kier molecular flexibility index (Phi) is 5.83. The largest absolute Gasteiger partial charge is 0.452 e. The Balaban J connectivity index is 2.31. The molecule has 0 aliphatic rings. The van der Waals surface area contributed by atoms with E-state index in [1.54, 1.807) is 11.9 Å². The second kappa shape index (κ2) is 7.17. The molecule has 2 amide bonds. The number of carbonyl (C=O) groups is 1. The molecule has 0 radical (unpaired) electrons. The third-order valence-corrected chi connectivity index (χ3v) is 2.62. The van der Waals surface area contributed by atoms with Crippen molar-refractivity contribution >= 4 is 22.0 Å². The molecule has 0 fully saturated rings. The highest BCUT2D eigenvalue weighted by molar-refractivity contribution is 9.10. The number of urea groups is 1. The van der Waals surface area contributed by atoms with Crippen molar-refractivity contribution in [2.75, 3.05) is 13.6 Å². The zero-order chi connectivity index (χ0) is 12.7. The third kappa shape index (κ3) is 5.08. The summed E-state index contributed by atoms with van der Waals surface area (Å²) in [4.78, 5) is 13.2. The van der Waals surface area contributed by atoms with E-state index in [1.807, 2.05) is 31.2 Å². The van der Waals surface area contributed by atoms with E-state index in [-0.39, 0.29) is 6.03 Å². The molecule has 0 bridgehead atoms. The standard InChI is InChI=1S/C12H17BrN2O2/c1-3-4-5-8-14-12(16)15(2)9-10-6-7-11(13)17-10/h3-4,6-7H,5,8-9H2,1-2H3,(H,14,16)/b4-3+. The lowest BCUT2D eigenvalue weighted by Gasteiger charge is -2.16. The highest BCUT2D eigenvalue weighted by atomic mass is 79.9. The van der Waals surface area contributed by atoms with Crippen LogP contribution in [0, 0.1) is 0 Å². The summed E-state index contributed by atoms with van der Waals surface area (Å²) < 4.78 is 6.01. The Bertz CT molecular complexity index is 388. The van der Waals surface area contributed by atoms with Gasteiger partial charge in [0.2, 0.25) is 0 Å². The zero-order valence-corrected chi connectivity index (χ0v) is 11.7. The van der Waals surface area contributed by atoms with Crippen LogP contribution in [0.15, 0.2) is 33.4 Å². The van der Waals surface area contributed by atoms with Crippen molar-refractivity contribution in [2.45, 2.75) is 19.9 Å². The summed E-state index contributed by atoms with van der Waals surface area (Å²) in [5.41, 5.74) is 0. The normalized spacial score (nSPS) is 10.8. The molecule has 0 atom stereocenters. The summed E-state index contributed by atoms with van der Waals surface area (Å²) in [6.07, 6.45) is 4.84. The SMILES string of the molecule is C/C=C/CCNC(=O)N(C)Cc1ccc(Br)o1. The predicted molar refractivity (Wildman–Crippen MR) is 70.7 cm³/mol. The highest BCUT2D eigenvalue weighted by Gasteiger charge is 2.10. The Morgan fingerprint density at radius 1 is 1.59 bits per heavy atom. The van der Waals surface area contributed by atoms with Crippen LogP contribution in [0.25, 0.3) is 0 Å². The smallest absolute Gasteiger partial charge is 0.317 e. The molecule has 1 N–H and O–H groups in total. The Labute approximate surface area is 110 Å². The molecule has 0 saturated heterocycles. The summed E-state index contributed by atoms with van der Waals surface area (Å²) in [5.74, 6) is 0.753. The van der Waals surface area contributed by atoms with E-state index in [1.165, 1.54) is 0 Å². The number of hydrogen-bond donors (Lipinski definition) is 1. The molecule has 0 saturated carbocycles. The number of amides is 2. The first-order valence-corrected chi connectivity index (χ1v) is 6.27. The maximum atomic E-state index is 11.7. The molecular weight excluding hydrogens is 284 g/mol. The number of nitrogens with one attached hydrogen (secondary N) is 1. The number of halogens is 1. The van der Waals surface area contributed by atoms with Crippen LogP contribution in [0.1, 0.15) is 19.1 Å². The first-order valence-electron chi connectivity index (χ1n) is 5.48. The van der Waals surface area contributed by atoms with Crippen molar-refractivity contribution in [3.05, 3.63) is 34.7 Å². The van der Waals surface area contributed by atoms with E-state index < -0.39 is 0 Å². The average Bonchev–Trinajstić information content (AvgIpc) is 2.70. The van der Waals surface area contributed by atoms with Crippen LogP contribution in [-0.2, 0) is 6.54 Å². The molecule has 1 heterocycles. The van der Waals surface area contributed by atoms with Gasteiger partial charge in [-0.25, -0.2) is 4.79 Å². The van der Waals surface area contributed by atoms with Crippen LogP contribution in [0.5, 0.6) is 0 Å². The lowest BCUT2D eigenvalue weighted by molar-refractivity contribution is 0.203. The number of rotatable bonds is 5. The maximum Gasteiger partial charge on any atom is 0.317 e. The first kappa shape index (κ1) is 13.8. The topological polar surface area (TPSA) is 45.5 Å². The summed E-state index contributed by atoms with van der Waals surface area (Å²) in [6.45, 7) is 3.07. The van der Waals surface area contributed by atoms with E-state index in [4.69, 9.17) is 4.42 Å². The molecule has 1 aromatic rings. The first-order chi connectivity index (χ1) is 8.13. The zero-order valence-electron chi connectivity index (χ0n) is 10.1. The van der Waals surface area contributed by atoms with Gasteiger partial charge in [-0.05, 0) is 41.4 Å². The highest BCUT2D eigenvalue weighted by Crippen LogP contribution is 2.15. The van der Waals surface area contributed by atoms with Crippen LogP contribution in [0.3, 0.4) is 0 Å². The molecule has 0 unspecified atom stereocenters. The van der Waals surface area contributed by atoms with Crippen molar-refractivity contribution in [3.8, 4) is 0 Å². The van der Waals surface area contributed by atoms with Gasteiger partial charge in [-0.1, -0.05) is 12.2 Å². The van der Waals surface area contributed by atoms with Crippen molar-refractivity contribution in [2.24, 2.45) is 0 Å². The van der Waals surface area contributed by atoms with Gasteiger partial charge in [-0.3, -0.25) is 0 Å². The molecule has 1 aromatic heterocycles. The molecule has 17 heavy (non-hydrogen) atoms. The molecule has 94 valence electrons. The van der Waals surface area contributed by atoms with E-state index in [2.05, 4.69) is 21.2 Å². The number of carbonyl (C=O) groups excluding carboxylic acids is 1. The predicted octanol–water partition coefficient (Wildman–Crippen LogP) is 3.15. The summed E-state index contributed by atoms with van der Waals surface area (Å²) in [7, 11) is 1.74. The number of hydrogen-bond acceptors (Lipinski definition) is 2. The minimum atomic E-state index is -0.0953. The molecule has 0 spiro atoms. The van der Waals surface area contributed by atoms with Gasteiger partial charge in [0.15, 0.2) is 4.67 Å². The van der Waals surface area contributed by atoms with Gasteiger partial charge < -0.3 is 14.6 Å². The van der Waals surface area contributed by atoms with Crippen LogP contribution in [-0.4, -0.2) is 24.5 Å². The van der Waals surface area contributed by atoms with Crippen molar-refractivity contribution in [1.82, 2.24) is 10.2 Å². The molecule has 0 aliphatic heterocycles. The van der Waals surface area contributed by atoms with Crippen LogP contribution in [0.2, 0.25) is 0 Å². The molecule has 0 aliphatic carbocycles. The fraction of sp³-hybridized carbons (Fsp3) is 0.417. The second-order valence-corrected chi connectivity index (χ2v) is 4.43. The second-order valence-electron chi connectivity index (χ2n) is 3.65. The summed E-state index contributed by atoms with van der Waals surface area (Å²) >= 11 is 3.22. The quantitative estimate of drug-likeness (QED) is 0.671. The Morgan fingerprint density at radius 3 is 2.94 bits per heavy atom. The Hall–Kier alpha value is -1.23. The number of allylic oxidation sites excluding steroid dienone is 1. The lowest BCUT2D eigenvalue weighted by atomic mass is 10.4. The summed E-state index contributed by atoms with van der Waals surface area (Å²) in [6, 6.07) is 3.56. The van der Waals surface area contributed by atoms with Gasteiger partial charge in [-0.15, -0.1) is 0 Å². The van der Waals surface area contributed by atoms with Gasteiger partial charge in [0.05, 0.1) is 6.54 Å². The summed E-state index contributed by atoms with van der Waals surface area (Å²) in [5, 5.41) is 2.83. The molecule has 4 nitrogen and oxygen atoms in total. The molecule has 1 rings (SSSR count). The molecular formula is C12H17BrN2O2. The van der Waals surface area contributed by atoms with Gasteiger partial charge >= 0.3 is 6.03 Å². The van der Waals surface area contributed by atoms with E-state index >= 15 is 0 Å². The van der Waals surface area contributed by atoms with Crippen LogP contribution >= 0.6 is 15.9 Å². The lowest BCUT2D eigenvalue weighted by Crippen LogP contribution is -2.37. The van der Waals surface area contributed by atoms with Gasteiger partial charge in [0.25, 0.3) is 0 Å². The van der Waals surface area contributed by atoms with Crippen LogP contribution < -0.4 is 5.32 Å². The van der Waals surface area contributed by atoms with E-state index in [0.29, 0.717) is 17.8 Å². The van der Waals surface area contributed by atoms with E-state index in [0.717, 1.165) is 12.2 Å². The number of nitrogens with zero attached hydrogens (tertiary/aromatic N) is 1. The van der Waals surface area contributed by atoms with Crippen LogP contribution in [0.4, 0.5) is 4.79 Å². The van der Waals surface area contributed by atoms with Crippen molar-refractivity contribution in [3.63, 3.8) is 0 Å². The van der Waals surface area contributed by atoms with Crippen molar-refractivity contribution < 1.29 is 9.21 Å². The average molecular weight is 301 g/mol. The third-order valence-electron chi connectivity index (χ3n) is 2.19. The van der Waals surface area contributed by atoms with Gasteiger partial charge in [0.1, 0.15) is 5.76 Å². The molecule has 0 aromatic carbocycles. The number of furan rings is 1. The molecule has 5 heteroatoms. The van der Waals surface area contributed by atoms with Gasteiger partial charge in [0, 0.05) is 13.6 Å². The fourth-order valence-electron chi connectivity index (χ4n) is 1.31.